The van der Waals surface area contributed by atoms with Crippen LogP contribution in [0.4, 0.5) is 0 Å². The monoisotopic (exact) mass is 288 g/mol. The molecule has 5 atom stereocenters. The van der Waals surface area contributed by atoms with Crippen molar-refractivity contribution >= 4 is 0 Å². The molecule has 0 heteroatoms. The van der Waals surface area contributed by atoms with Gasteiger partial charge in [-0.15, -0.1) is 0 Å². The van der Waals surface area contributed by atoms with Gasteiger partial charge in [-0.25, -0.2) is 0 Å². The quantitative estimate of drug-likeness (QED) is 0.537. The van der Waals surface area contributed by atoms with E-state index in [9.17, 15) is 0 Å². The van der Waals surface area contributed by atoms with Crippen LogP contribution in [0.3, 0.4) is 0 Å². The molecule has 4 aliphatic carbocycles. The van der Waals surface area contributed by atoms with Gasteiger partial charge in [-0.1, -0.05) is 70.6 Å². The third-order valence-corrected chi connectivity index (χ3v) is 8.06. The molecular weight excluding hydrogens is 252 g/mol. The third kappa shape index (κ3) is 2.93. The number of rotatable bonds is 2. The Hall–Kier alpha value is 0. The van der Waals surface area contributed by atoms with Crippen LogP contribution < -0.4 is 0 Å². The van der Waals surface area contributed by atoms with E-state index in [1.54, 1.807) is 89.9 Å². The minimum Gasteiger partial charge on any atom is -0.0533 e. The molecular formula is C21H36. The van der Waals surface area contributed by atoms with Crippen molar-refractivity contribution in [2.24, 2.45) is 35.5 Å². The average molecular weight is 289 g/mol. The van der Waals surface area contributed by atoms with Crippen LogP contribution in [0.2, 0.25) is 0 Å². The summed E-state index contributed by atoms with van der Waals surface area (Å²) in [5, 5.41) is 0. The number of fused-ring (bicyclic) bond motifs is 1. The molecule has 4 aliphatic rings. The van der Waals surface area contributed by atoms with E-state index < -0.39 is 0 Å². The van der Waals surface area contributed by atoms with Crippen molar-refractivity contribution in [2.45, 2.75) is 96.3 Å². The maximum atomic E-state index is 1.61. The molecule has 0 radical (unpaired) electrons. The normalized spacial score (nSPS) is 45.4. The highest BCUT2D eigenvalue weighted by Gasteiger charge is 2.44. The molecule has 120 valence electrons. The number of hydrogen-bond acceptors (Lipinski definition) is 0. The van der Waals surface area contributed by atoms with E-state index in [1.165, 1.54) is 6.42 Å². The van der Waals surface area contributed by atoms with Gasteiger partial charge in [0.15, 0.2) is 0 Å². The Labute approximate surface area is 132 Å². The van der Waals surface area contributed by atoms with Gasteiger partial charge in [0, 0.05) is 0 Å². The molecule has 0 spiro atoms. The molecule has 4 saturated carbocycles. The van der Waals surface area contributed by atoms with Gasteiger partial charge in [-0.05, 0) is 61.2 Å². The lowest BCUT2D eigenvalue weighted by Crippen LogP contribution is -2.38. The minimum atomic E-state index is 1.13. The fourth-order valence-corrected chi connectivity index (χ4v) is 7.22. The SMILES string of the molecule is C1CCC(C2CCCCC2C2CCCC3CCCC32)CC1. The summed E-state index contributed by atoms with van der Waals surface area (Å²) in [7, 11) is 0. The second kappa shape index (κ2) is 6.63. The highest BCUT2D eigenvalue weighted by molar-refractivity contribution is 4.94. The van der Waals surface area contributed by atoms with Crippen LogP contribution in [-0.2, 0) is 0 Å². The molecule has 0 aromatic carbocycles. The zero-order valence-electron chi connectivity index (χ0n) is 14.1. The fraction of sp³-hybridized carbons (Fsp3) is 1.00. The molecule has 0 saturated heterocycles. The summed E-state index contributed by atoms with van der Waals surface area (Å²) in [6.07, 6.45) is 23.6. The molecule has 4 rings (SSSR count). The van der Waals surface area contributed by atoms with Crippen LogP contribution in [0.15, 0.2) is 0 Å². The first-order chi connectivity index (χ1) is 10.4. The van der Waals surface area contributed by atoms with Crippen LogP contribution in [0.1, 0.15) is 96.3 Å². The molecule has 0 aromatic rings. The Morgan fingerprint density at radius 3 is 1.29 bits per heavy atom. The molecule has 0 aromatic heterocycles. The third-order valence-electron chi connectivity index (χ3n) is 8.06. The molecule has 0 bridgehead atoms. The topological polar surface area (TPSA) is 0 Å². The molecule has 0 nitrogen and oxygen atoms in total. The summed E-state index contributed by atoms with van der Waals surface area (Å²) in [5.74, 6) is 6.88. The largest absolute Gasteiger partial charge is 0.0533 e. The number of hydrogen-bond donors (Lipinski definition) is 0. The van der Waals surface area contributed by atoms with E-state index in [1.807, 2.05) is 0 Å². The van der Waals surface area contributed by atoms with E-state index in [2.05, 4.69) is 0 Å². The summed E-state index contributed by atoms with van der Waals surface area (Å²) in [6.45, 7) is 0. The van der Waals surface area contributed by atoms with E-state index in [4.69, 9.17) is 0 Å². The van der Waals surface area contributed by atoms with Crippen molar-refractivity contribution in [1.29, 1.82) is 0 Å². The van der Waals surface area contributed by atoms with Crippen LogP contribution in [0.25, 0.3) is 0 Å². The van der Waals surface area contributed by atoms with Crippen molar-refractivity contribution in [3.05, 3.63) is 0 Å². The zero-order valence-corrected chi connectivity index (χ0v) is 14.1. The lowest BCUT2D eigenvalue weighted by molar-refractivity contribution is 0.0262. The second-order valence-corrected chi connectivity index (χ2v) is 8.96. The van der Waals surface area contributed by atoms with Gasteiger partial charge < -0.3 is 0 Å². The first-order valence-electron chi connectivity index (χ1n) is 10.4. The highest BCUT2D eigenvalue weighted by Crippen LogP contribution is 2.54. The maximum absolute atomic E-state index is 1.61. The first-order valence-corrected chi connectivity index (χ1v) is 10.4. The molecule has 5 unspecified atom stereocenters. The summed E-state index contributed by atoms with van der Waals surface area (Å²) in [5.41, 5.74) is 0. The van der Waals surface area contributed by atoms with Crippen molar-refractivity contribution in [3.63, 3.8) is 0 Å². The van der Waals surface area contributed by atoms with Crippen molar-refractivity contribution in [1.82, 2.24) is 0 Å². The van der Waals surface area contributed by atoms with Gasteiger partial charge in [0.25, 0.3) is 0 Å². The first kappa shape index (κ1) is 14.6. The highest BCUT2D eigenvalue weighted by atomic mass is 14.5. The smallest absolute Gasteiger partial charge is 0.0352 e. The summed E-state index contributed by atoms with van der Waals surface area (Å²) in [4.78, 5) is 0. The second-order valence-electron chi connectivity index (χ2n) is 8.96. The maximum Gasteiger partial charge on any atom is -0.0352 e. The molecule has 0 amide bonds. The van der Waals surface area contributed by atoms with E-state index in [0.29, 0.717) is 0 Å². The Kier molecular flexibility index (Phi) is 4.60. The standard InChI is InChI=1S/C21H36/c1-2-8-16(9-3-1)18-12-4-5-13-20(18)21-15-7-11-17-10-6-14-19(17)21/h16-21H,1-15H2. The predicted molar refractivity (Wildman–Crippen MR) is 90.2 cm³/mol. The van der Waals surface area contributed by atoms with E-state index in [0.717, 1.165) is 35.5 Å². The Bertz CT molecular complexity index is 327. The Balaban J connectivity index is 1.49. The van der Waals surface area contributed by atoms with E-state index in [-0.39, 0.29) is 0 Å². The van der Waals surface area contributed by atoms with Gasteiger partial charge in [-0.3, -0.25) is 0 Å². The van der Waals surface area contributed by atoms with Gasteiger partial charge in [0.05, 0.1) is 0 Å². The van der Waals surface area contributed by atoms with Gasteiger partial charge >= 0.3 is 0 Å². The Morgan fingerprint density at radius 2 is 0.667 bits per heavy atom. The molecule has 0 aliphatic heterocycles. The summed E-state index contributed by atoms with van der Waals surface area (Å²) < 4.78 is 0. The molecule has 4 fully saturated rings. The van der Waals surface area contributed by atoms with Crippen LogP contribution in [-0.4, -0.2) is 0 Å². The van der Waals surface area contributed by atoms with Crippen molar-refractivity contribution < 1.29 is 0 Å². The fourth-order valence-electron chi connectivity index (χ4n) is 7.22. The average Bonchev–Trinajstić information content (AvgIpc) is 3.04. The van der Waals surface area contributed by atoms with Gasteiger partial charge in [-0.2, -0.15) is 0 Å². The Morgan fingerprint density at radius 1 is 0.286 bits per heavy atom. The van der Waals surface area contributed by atoms with Crippen molar-refractivity contribution in [2.75, 3.05) is 0 Å². The molecule has 21 heavy (non-hydrogen) atoms. The van der Waals surface area contributed by atoms with Crippen LogP contribution in [0, 0.1) is 35.5 Å². The zero-order chi connectivity index (χ0) is 14.1. The molecule has 0 N–H and O–H groups in total. The molecule has 0 heterocycles. The lowest BCUT2D eigenvalue weighted by Gasteiger charge is -2.47. The van der Waals surface area contributed by atoms with Crippen molar-refractivity contribution in [3.8, 4) is 0 Å². The minimum absolute atomic E-state index is 1.13. The lowest BCUT2D eigenvalue weighted by atomic mass is 9.58. The predicted octanol–water partition coefficient (Wildman–Crippen LogP) is 6.59. The van der Waals surface area contributed by atoms with Crippen LogP contribution >= 0.6 is 0 Å². The van der Waals surface area contributed by atoms with E-state index >= 15 is 0 Å². The van der Waals surface area contributed by atoms with Gasteiger partial charge in [0.1, 0.15) is 0 Å². The summed E-state index contributed by atoms with van der Waals surface area (Å²) >= 11 is 0. The van der Waals surface area contributed by atoms with Gasteiger partial charge in [0.2, 0.25) is 0 Å². The summed E-state index contributed by atoms with van der Waals surface area (Å²) in [6, 6.07) is 0. The van der Waals surface area contributed by atoms with Crippen LogP contribution in [0.5, 0.6) is 0 Å².